The van der Waals surface area contributed by atoms with Crippen molar-refractivity contribution in [3.63, 3.8) is 0 Å². The molecule has 110 valence electrons. The van der Waals surface area contributed by atoms with E-state index in [1.807, 2.05) is 30.3 Å². The van der Waals surface area contributed by atoms with Gasteiger partial charge in [-0.05, 0) is 30.7 Å². The van der Waals surface area contributed by atoms with E-state index >= 15 is 0 Å². The third-order valence-corrected chi connectivity index (χ3v) is 3.32. The summed E-state index contributed by atoms with van der Waals surface area (Å²) in [4.78, 5) is 18.1. The van der Waals surface area contributed by atoms with Gasteiger partial charge in [-0.15, -0.1) is 0 Å². The number of benzene rings is 1. The Labute approximate surface area is 125 Å². The van der Waals surface area contributed by atoms with Crippen molar-refractivity contribution < 1.29 is 4.79 Å². The van der Waals surface area contributed by atoms with E-state index in [1.54, 1.807) is 12.4 Å². The van der Waals surface area contributed by atoms with Crippen molar-refractivity contribution in [1.29, 1.82) is 0 Å². The number of pyridine rings is 1. The first-order chi connectivity index (χ1) is 10.3. The van der Waals surface area contributed by atoms with Gasteiger partial charge in [0.1, 0.15) is 0 Å². The van der Waals surface area contributed by atoms with Gasteiger partial charge in [-0.1, -0.05) is 24.3 Å². The highest BCUT2D eigenvalue weighted by Gasteiger charge is 2.07. The molecule has 1 amide bonds. The van der Waals surface area contributed by atoms with E-state index in [4.69, 9.17) is 0 Å². The number of hydrogen-bond acceptors (Lipinski definition) is 3. The van der Waals surface area contributed by atoms with Crippen LogP contribution in [-0.2, 0) is 11.3 Å². The molecule has 2 aromatic rings. The number of nitrogens with one attached hydrogen (secondary N) is 1. The molecule has 0 aliphatic carbocycles. The van der Waals surface area contributed by atoms with Crippen molar-refractivity contribution in [2.24, 2.45) is 0 Å². The lowest BCUT2D eigenvalue weighted by molar-refractivity contribution is -0.121. The van der Waals surface area contributed by atoms with Crippen molar-refractivity contribution in [2.75, 3.05) is 18.0 Å². The summed E-state index contributed by atoms with van der Waals surface area (Å²) < 4.78 is 0. The van der Waals surface area contributed by atoms with Crippen molar-refractivity contribution in [2.45, 2.75) is 19.9 Å². The Kier molecular flexibility index (Phi) is 5.76. The molecule has 4 nitrogen and oxygen atoms in total. The Balaban J connectivity index is 1.77. The fourth-order valence-electron chi connectivity index (χ4n) is 2.14. The largest absolute Gasteiger partial charge is 0.371 e. The Bertz CT molecular complexity index is 542. The van der Waals surface area contributed by atoms with Crippen molar-refractivity contribution in [3.05, 3.63) is 60.4 Å². The molecule has 4 heteroatoms. The Morgan fingerprint density at radius 2 is 2.00 bits per heavy atom. The van der Waals surface area contributed by atoms with Gasteiger partial charge in [0.15, 0.2) is 0 Å². The smallest absolute Gasteiger partial charge is 0.222 e. The van der Waals surface area contributed by atoms with Crippen LogP contribution in [0.15, 0.2) is 54.9 Å². The summed E-state index contributed by atoms with van der Waals surface area (Å²) in [7, 11) is 0. The third-order valence-electron chi connectivity index (χ3n) is 3.32. The minimum absolute atomic E-state index is 0.0632. The van der Waals surface area contributed by atoms with E-state index in [0.717, 1.165) is 24.3 Å². The molecule has 2 rings (SSSR count). The van der Waals surface area contributed by atoms with Gasteiger partial charge in [-0.25, -0.2) is 0 Å². The first-order valence-corrected chi connectivity index (χ1v) is 7.25. The average molecular weight is 283 g/mol. The molecule has 0 saturated heterocycles. The van der Waals surface area contributed by atoms with Crippen LogP contribution in [0.4, 0.5) is 5.69 Å². The summed E-state index contributed by atoms with van der Waals surface area (Å²) in [5.41, 5.74) is 2.17. The molecule has 0 atom stereocenters. The highest BCUT2D eigenvalue weighted by Crippen LogP contribution is 2.12. The van der Waals surface area contributed by atoms with Crippen LogP contribution in [0, 0.1) is 0 Å². The summed E-state index contributed by atoms with van der Waals surface area (Å²) in [5, 5.41) is 2.92. The van der Waals surface area contributed by atoms with Crippen molar-refractivity contribution >= 4 is 11.6 Å². The van der Waals surface area contributed by atoms with E-state index in [9.17, 15) is 4.79 Å². The van der Waals surface area contributed by atoms with E-state index in [1.165, 1.54) is 0 Å². The van der Waals surface area contributed by atoms with Crippen LogP contribution < -0.4 is 10.2 Å². The molecule has 1 N–H and O–H groups in total. The van der Waals surface area contributed by atoms with Gasteiger partial charge < -0.3 is 10.2 Å². The van der Waals surface area contributed by atoms with Crippen LogP contribution in [0.3, 0.4) is 0 Å². The number of carbonyl (C=O) groups excluding carboxylic acids is 1. The molecule has 0 spiro atoms. The summed E-state index contributed by atoms with van der Waals surface area (Å²) in [6.45, 7) is 4.24. The molecule has 1 heterocycles. The molecular weight excluding hydrogens is 262 g/mol. The van der Waals surface area contributed by atoms with Crippen LogP contribution in [0.1, 0.15) is 18.9 Å². The molecule has 0 saturated carbocycles. The molecule has 21 heavy (non-hydrogen) atoms. The molecule has 0 aliphatic heterocycles. The Morgan fingerprint density at radius 1 is 1.19 bits per heavy atom. The molecule has 0 bridgehead atoms. The molecule has 0 unspecified atom stereocenters. The quantitative estimate of drug-likeness (QED) is 0.849. The fourth-order valence-corrected chi connectivity index (χ4v) is 2.14. The van der Waals surface area contributed by atoms with E-state index < -0.39 is 0 Å². The molecule has 1 aromatic heterocycles. The lowest BCUT2D eigenvalue weighted by Gasteiger charge is -2.22. The Hall–Kier alpha value is -2.36. The van der Waals surface area contributed by atoms with Gasteiger partial charge in [-0.2, -0.15) is 0 Å². The highest BCUT2D eigenvalue weighted by molar-refractivity contribution is 5.76. The first kappa shape index (κ1) is 15.0. The maximum Gasteiger partial charge on any atom is 0.222 e. The zero-order chi connectivity index (χ0) is 14.9. The number of nitrogens with zero attached hydrogens (tertiary/aromatic N) is 2. The van der Waals surface area contributed by atoms with Crippen LogP contribution in [-0.4, -0.2) is 24.0 Å². The zero-order valence-corrected chi connectivity index (χ0v) is 12.3. The minimum atomic E-state index is 0.0632. The molecular formula is C17H21N3O. The summed E-state index contributed by atoms with van der Waals surface area (Å²) in [6, 6.07) is 14.0. The highest BCUT2D eigenvalue weighted by atomic mass is 16.1. The van der Waals surface area contributed by atoms with E-state index in [2.05, 4.69) is 34.3 Å². The molecule has 0 aliphatic rings. The van der Waals surface area contributed by atoms with Gasteiger partial charge in [0.2, 0.25) is 5.91 Å². The number of para-hydroxylation sites is 1. The van der Waals surface area contributed by atoms with Gasteiger partial charge in [0.25, 0.3) is 0 Å². The fraction of sp³-hybridized carbons (Fsp3) is 0.294. The lowest BCUT2D eigenvalue weighted by Crippen LogP contribution is -2.30. The van der Waals surface area contributed by atoms with Crippen LogP contribution in [0.2, 0.25) is 0 Å². The third kappa shape index (κ3) is 4.91. The van der Waals surface area contributed by atoms with Crippen molar-refractivity contribution in [1.82, 2.24) is 10.3 Å². The number of carbonyl (C=O) groups is 1. The minimum Gasteiger partial charge on any atom is -0.371 e. The van der Waals surface area contributed by atoms with Crippen molar-refractivity contribution in [3.8, 4) is 0 Å². The second-order valence-electron chi connectivity index (χ2n) is 4.80. The Morgan fingerprint density at radius 3 is 2.67 bits per heavy atom. The SMILES string of the molecule is CCN(CCC(=O)NCc1cccnc1)c1ccccc1. The number of anilines is 1. The predicted octanol–water partition coefficient (Wildman–Crippen LogP) is 2.61. The standard InChI is InChI=1S/C17H21N3O/c1-2-20(16-8-4-3-5-9-16)12-10-17(21)19-14-15-7-6-11-18-13-15/h3-9,11,13H,2,10,12,14H2,1H3,(H,19,21). The average Bonchev–Trinajstić information content (AvgIpc) is 2.55. The summed E-state index contributed by atoms with van der Waals surface area (Å²) in [5.74, 6) is 0.0632. The molecule has 1 aromatic carbocycles. The lowest BCUT2D eigenvalue weighted by atomic mass is 10.2. The topological polar surface area (TPSA) is 45.2 Å². The van der Waals surface area contributed by atoms with Gasteiger partial charge in [0.05, 0.1) is 0 Å². The molecule has 0 fully saturated rings. The van der Waals surface area contributed by atoms with Crippen LogP contribution in [0.5, 0.6) is 0 Å². The maximum atomic E-state index is 11.9. The number of hydrogen-bond donors (Lipinski definition) is 1. The second-order valence-corrected chi connectivity index (χ2v) is 4.80. The number of rotatable bonds is 7. The maximum absolute atomic E-state index is 11.9. The monoisotopic (exact) mass is 283 g/mol. The van der Waals surface area contributed by atoms with E-state index in [0.29, 0.717) is 13.0 Å². The number of amides is 1. The summed E-state index contributed by atoms with van der Waals surface area (Å²) in [6.07, 6.45) is 3.98. The van der Waals surface area contributed by atoms with Gasteiger partial charge in [-0.3, -0.25) is 9.78 Å². The number of aromatic nitrogens is 1. The predicted molar refractivity (Wildman–Crippen MR) is 85.0 cm³/mol. The zero-order valence-electron chi connectivity index (χ0n) is 12.3. The second kappa shape index (κ2) is 8.04. The summed E-state index contributed by atoms with van der Waals surface area (Å²) >= 11 is 0. The first-order valence-electron chi connectivity index (χ1n) is 7.25. The van der Waals surface area contributed by atoms with E-state index in [-0.39, 0.29) is 5.91 Å². The normalized spacial score (nSPS) is 10.1. The van der Waals surface area contributed by atoms with Crippen LogP contribution in [0.25, 0.3) is 0 Å². The van der Waals surface area contributed by atoms with Gasteiger partial charge in [0, 0.05) is 44.1 Å². The van der Waals surface area contributed by atoms with Crippen LogP contribution >= 0.6 is 0 Å². The van der Waals surface area contributed by atoms with Gasteiger partial charge >= 0.3 is 0 Å². The molecule has 0 radical (unpaired) electrons.